The summed E-state index contributed by atoms with van der Waals surface area (Å²) >= 11 is 0. The summed E-state index contributed by atoms with van der Waals surface area (Å²) in [5, 5.41) is 3.18. The SMILES string of the molecule is CCCc1cc(CNC)cc(OCCC(C)(C)C)n1. The lowest BCUT2D eigenvalue weighted by Gasteiger charge is -2.18. The van der Waals surface area contributed by atoms with Crippen molar-refractivity contribution in [2.45, 2.75) is 53.5 Å². The van der Waals surface area contributed by atoms with Crippen molar-refractivity contribution in [3.05, 3.63) is 23.4 Å². The van der Waals surface area contributed by atoms with Crippen LogP contribution < -0.4 is 10.1 Å². The molecule has 0 radical (unpaired) electrons. The molecule has 0 amide bonds. The summed E-state index contributed by atoms with van der Waals surface area (Å²) in [6.45, 7) is 10.4. The van der Waals surface area contributed by atoms with Gasteiger partial charge in [0.1, 0.15) is 0 Å². The first-order valence-corrected chi connectivity index (χ1v) is 7.22. The second kappa shape index (κ2) is 7.49. The van der Waals surface area contributed by atoms with Gasteiger partial charge in [0, 0.05) is 18.3 Å². The van der Waals surface area contributed by atoms with E-state index >= 15 is 0 Å². The zero-order valence-electron chi connectivity index (χ0n) is 13.0. The average Bonchev–Trinajstić information content (AvgIpc) is 2.28. The Hall–Kier alpha value is -1.09. The van der Waals surface area contributed by atoms with Gasteiger partial charge in [-0.15, -0.1) is 0 Å². The molecule has 0 atom stereocenters. The molecule has 1 aromatic heterocycles. The van der Waals surface area contributed by atoms with E-state index in [-0.39, 0.29) is 0 Å². The van der Waals surface area contributed by atoms with Gasteiger partial charge in [0.2, 0.25) is 5.88 Å². The Bertz CT molecular complexity index is 359. The number of pyridine rings is 1. The van der Waals surface area contributed by atoms with Gasteiger partial charge in [-0.1, -0.05) is 34.1 Å². The van der Waals surface area contributed by atoms with E-state index in [0.717, 1.165) is 44.0 Å². The van der Waals surface area contributed by atoms with E-state index in [1.54, 1.807) is 0 Å². The molecule has 1 heterocycles. The summed E-state index contributed by atoms with van der Waals surface area (Å²) in [5.41, 5.74) is 2.67. The summed E-state index contributed by atoms with van der Waals surface area (Å²) in [5.74, 6) is 0.764. The first-order valence-electron chi connectivity index (χ1n) is 7.22. The topological polar surface area (TPSA) is 34.1 Å². The zero-order valence-corrected chi connectivity index (χ0v) is 13.0. The fraction of sp³-hybridized carbons (Fsp3) is 0.688. The Balaban J connectivity index is 2.69. The van der Waals surface area contributed by atoms with E-state index in [4.69, 9.17) is 4.74 Å². The highest BCUT2D eigenvalue weighted by molar-refractivity contribution is 5.25. The molecule has 108 valence electrons. The van der Waals surface area contributed by atoms with E-state index in [1.165, 1.54) is 5.56 Å². The molecule has 0 aliphatic carbocycles. The van der Waals surface area contributed by atoms with Gasteiger partial charge in [-0.25, -0.2) is 4.98 Å². The summed E-state index contributed by atoms with van der Waals surface area (Å²) < 4.78 is 5.82. The Morgan fingerprint density at radius 3 is 2.58 bits per heavy atom. The predicted octanol–water partition coefficient (Wildman–Crippen LogP) is 3.57. The van der Waals surface area contributed by atoms with Crippen molar-refractivity contribution in [2.75, 3.05) is 13.7 Å². The highest BCUT2D eigenvalue weighted by Crippen LogP contribution is 2.20. The lowest BCUT2D eigenvalue weighted by molar-refractivity contribution is 0.235. The average molecular weight is 264 g/mol. The first kappa shape index (κ1) is 16.0. The Labute approximate surface area is 117 Å². The summed E-state index contributed by atoms with van der Waals surface area (Å²) in [4.78, 5) is 4.57. The molecule has 0 bridgehead atoms. The summed E-state index contributed by atoms with van der Waals surface area (Å²) in [7, 11) is 1.96. The van der Waals surface area contributed by atoms with Crippen molar-refractivity contribution >= 4 is 0 Å². The zero-order chi connectivity index (χ0) is 14.3. The van der Waals surface area contributed by atoms with E-state index in [2.05, 4.69) is 44.1 Å². The number of hydrogen-bond donors (Lipinski definition) is 1. The Morgan fingerprint density at radius 2 is 2.00 bits per heavy atom. The molecule has 0 aliphatic rings. The molecule has 0 saturated carbocycles. The molecule has 19 heavy (non-hydrogen) atoms. The van der Waals surface area contributed by atoms with Crippen LogP contribution in [-0.4, -0.2) is 18.6 Å². The second-order valence-corrected chi connectivity index (χ2v) is 6.24. The molecule has 0 aliphatic heterocycles. The van der Waals surface area contributed by atoms with Crippen LogP contribution in [0.3, 0.4) is 0 Å². The van der Waals surface area contributed by atoms with Gasteiger partial charge in [0.15, 0.2) is 0 Å². The molecular weight excluding hydrogens is 236 g/mol. The third kappa shape index (κ3) is 6.58. The minimum absolute atomic E-state index is 0.300. The van der Waals surface area contributed by atoms with Gasteiger partial charge in [-0.3, -0.25) is 0 Å². The highest BCUT2D eigenvalue weighted by atomic mass is 16.5. The maximum atomic E-state index is 5.82. The van der Waals surface area contributed by atoms with Gasteiger partial charge < -0.3 is 10.1 Å². The molecule has 0 spiro atoms. The van der Waals surface area contributed by atoms with Crippen LogP contribution in [-0.2, 0) is 13.0 Å². The molecule has 1 N–H and O–H groups in total. The molecule has 0 aromatic carbocycles. The molecule has 0 fully saturated rings. The van der Waals surface area contributed by atoms with Crippen LogP contribution >= 0.6 is 0 Å². The Morgan fingerprint density at radius 1 is 1.26 bits per heavy atom. The number of hydrogen-bond acceptors (Lipinski definition) is 3. The third-order valence-corrected chi connectivity index (χ3v) is 2.90. The number of nitrogens with zero attached hydrogens (tertiary/aromatic N) is 1. The monoisotopic (exact) mass is 264 g/mol. The second-order valence-electron chi connectivity index (χ2n) is 6.24. The van der Waals surface area contributed by atoms with Gasteiger partial charge in [0.05, 0.1) is 6.61 Å². The van der Waals surface area contributed by atoms with Gasteiger partial charge in [-0.05, 0) is 36.9 Å². The number of nitrogens with one attached hydrogen (secondary N) is 1. The lowest BCUT2D eigenvalue weighted by atomic mass is 9.93. The normalized spacial score (nSPS) is 11.6. The number of aromatic nitrogens is 1. The van der Waals surface area contributed by atoms with Crippen molar-refractivity contribution in [3.8, 4) is 5.88 Å². The van der Waals surface area contributed by atoms with E-state index < -0.39 is 0 Å². The smallest absolute Gasteiger partial charge is 0.213 e. The van der Waals surface area contributed by atoms with Gasteiger partial charge in [0.25, 0.3) is 0 Å². The summed E-state index contributed by atoms with van der Waals surface area (Å²) in [6, 6.07) is 4.20. The maximum Gasteiger partial charge on any atom is 0.213 e. The van der Waals surface area contributed by atoms with Crippen LogP contribution in [0.4, 0.5) is 0 Å². The predicted molar refractivity (Wildman–Crippen MR) is 80.6 cm³/mol. The van der Waals surface area contributed by atoms with Crippen molar-refractivity contribution in [3.63, 3.8) is 0 Å². The fourth-order valence-corrected chi connectivity index (χ4v) is 1.85. The van der Waals surface area contributed by atoms with E-state index in [9.17, 15) is 0 Å². The lowest BCUT2D eigenvalue weighted by Crippen LogP contribution is -2.12. The fourth-order valence-electron chi connectivity index (χ4n) is 1.85. The largest absolute Gasteiger partial charge is 0.478 e. The van der Waals surface area contributed by atoms with Crippen LogP contribution in [0.15, 0.2) is 12.1 Å². The molecule has 1 rings (SSSR count). The Kier molecular flexibility index (Phi) is 6.29. The molecule has 0 unspecified atom stereocenters. The molecule has 3 heteroatoms. The van der Waals surface area contributed by atoms with E-state index in [0.29, 0.717) is 5.41 Å². The van der Waals surface area contributed by atoms with E-state index in [1.807, 2.05) is 13.1 Å². The van der Waals surface area contributed by atoms with Crippen molar-refractivity contribution in [2.24, 2.45) is 5.41 Å². The first-order chi connectivity index (χ1) is 8.94. The molecular formula is C16H28N2O. The van der Waals surface area contributed by atoms with Gasteiger partial charge >= 0.3 is 0 Å². The minimum atomic E-state index is 0.300. The number of ether oxygens (including phenoxy) is 1. The standard InChI is InChI=1S/C16H28N2O/c1-6-7-14-10-13(12-17-5)11-15(18-14)19-9-8-16(2,3)4/h10-11,17H,6-9,12H2,1-5H3. The minimum Gasteiger partial charge on any atom is -0.478 e. The third-order valence-electron chi connectivity index (χ3n) is 2.90. The van der Waals surface area contributed by atoms with Crippen LogP contribution in [0.5, 0.6) is 5.88 Å². The van der Waals surface area contributed by atoms with Crippen LogP contribution in [0.25, 0.3) is 0 Å². The quantitative estimate of drug-likeness (QED) is 0.817. The number of rotatable bonds is 7. The van der Waals surface area contributed by atoms with Crippen LogP contribution in [0.2, 0.25) is 0 Å². The number of aryl methyl sites for hydroxylation is 1. The molecule has 3 nitrogen and oxygen atoms in total. The highest BCUT2D eigenvalue weighted by Gasteiger charge is 2.10. The molecule has 0 saturated heterocycles. The molecule has 1 aromatic rings. The maximum absolute atomic E-state index is 5.82. The van der Waals surface area contributed by atoms with Crippen molar-refractivity contribution < 1.29 is 4.74 Å². The van der Waals surface area contributed by atoms with Crippen molar-refractivity contribution in [1.82, 2.24) is 10.3 Å². The van der Waals surface area contributed by atoms with Gasteiger partial charge in [-0.2, -0.15) is 0 Å². The van der Waals surface area contributed by atoms with Crippen LogP contribution in [0, 0.1) is 5.41 Å². The van der Waals surface area contributed by atoms with Crippen molar-refractivity contribution in [1.29, 1.82) is 0 Å². The summed E-state index contributed by atoms with van der Waals surface area (Å²) in [6.07, 6.45) is 3.15. The van der Waals surface area contributed by atoms with Crippen LogP contribution in [0.1, 0.15) is 51.8 Å².